The maximum absolute atomic E-state index is 4.36. The summed E-state index contributed by atoms with van der Waals surface area (Å²) >= 11 is 0. The summed E-state index contributed by atoms with van der Waals surface area (Å²) < 4.78 is 0. The fourth-order valence-corrected chi connectivity index (χ4v) is 3.12. The van der Waals surface area contributed by atoms with Crippen molar-refractivity contribution in [1.82, 2.24) is 15.5 Å². The first-order chi connectivity index (χ1) is 10.2. The summed E-state index contributed by atoms with van der Waals surface area (Å²) in [4.78, 5) is 7.03. The van der Waals surface area contributed by atoms with Crippen molar-refractivity contribution in [3.63, 3.8) is 0 Å². The van der Waals surface area contributed by atoms with Gasteiger partial charge in [0, 0.05) is 38.8 Å². The van der Waals surface area contributed by atoms with E-state index < -0.39 is 0 Å². The van der Waals surface area contributed by atoms with Crippen LogP contribution in [-0.2, 0) is 0 Å². The second-order valence-corrected chi connectivity index (χ2v) is 7.07. The van der Waals surface area contributed by atoms with Gasteiger partial charge < -0.3 is 15.5 Å². The Bertz CT molecular complexity index is 321. The molecule has 2 rings (SSSR count). The Morgan fingerprint density at radius 3 is 2.36 bits per heavy atom. The van der Waals surface area contributed by atoms with Crippen LogP contribution in [0.3, 0.4) is 0 Å². The van der Waals surface area contributed by atoms with E-state index in [0.717, 1.165) is 24.5 Å². The molecule has 2 fully saturated rings. The van der Waals surface area contributed by atoms with Gasteiger partial charge in [-0.15, -0.1) is 24.0 Å². The van der Waals surface area contributed by atoms with Crippen molar-refractivity contribution in [3.05, 3.63) is 0 Å². The highest BCUT2D eigenvalue weighted by molar-refractivity contribution is 14.0. The predicted octanol–water partition coefficient (Wildman–Crippen LogP) is 3.22. The van der Waals surface area contributed by atoms with Gasteiger partial charge in [-0.1, -0.05) is 26.7 Å². The second kappa shape index (κ2) is 10.7. The SMILES string of the molecule is CN=C(NCCCCC(C)C)NC1CCN(C2CC2)CC1.I. The average molecular weight is 422 g/mol. The van der Waals surface area contributed by atoms with Crippen LogP contribution in [0.5, 0.6) is 0 Å². The summed E-state index contributed by atoms with van der Waals surface area (Å²) in [5.74, 6) is 1.81. The molecule has 0 unspecified atom stereocenters. The van der Waals surface area contributed by atoms with Crippen molar-refractivity contribution >= 4 is 29.9 Å². The highest BCUT2D eigenvalue weighted by Crippen LogP contribution is 2.29. The molecule has 22 heavy (non-hydrogen) atoms. The third-order valence-electron chi connectivity index (χ3n) is 4.66. The smallest absolute Gasteiger partial charge is 0.191 e. The molecule has 0 spiro atoms. The highest BCUT2D eigenvalue weighted by atomic mass is 127. The Kier molecular flexibility index (Phi) is 9.71. The first-order valence-corrected chi connectivity index (χ1v) is 8.90. The molecule has 4 nitrogen and oxygen atoms in total. The van der Waals surface area contributed by atoms with Crippen molar-refractivity contribution in [3.8, 4) is 0 Å². The zero-order valence-electron chi connectivity index (χ0n) is 14.6. The lowest BCUT2D eigenvalue weighted by Crippen LogP contribution is -2.49. The number of piperidine rings is 1. The molecule has 1 saturated carbocycles. The summed E-state index contributed by atoms with van der Waals surface area (Å²) in [5.41, 5.74) is 0. The second-order valence-electron chi connectivity index (χ2n) is 7.07. The maximum Gasteiger partial charge on any atom is 0.191 e. The molecule has 2 aliphatic rings. The van der Waals surface area contributed by atoms with Gasteiger partial charge in [-0.25, -0.2) is 0 Å². The van der Waals surface area contributed by atoms with Gasteiger partial charge in [0.15, 0.2) is 5.96 Å². The van der Waals surface area contributed by atoms with E-state index in [1.54, 1.807) is 0 Å². The summed E-state index contributed by atoms with van der Waals surface area (Å²) in [6.07, 6.45) is 9.23. The Hall–Kier alpha value is -0.0400. The molecule has 1 aliphatic heterocycles. The first kappa shape index (κ1) is 20.0. The van der Waals surface area contributed by atoms with Crippen molar-refractivity contribution in [2.75, 3.05) is 26.7 Å². The Morgan fingerprint density at radius 1 is 1.14 bits per heavy atom. The third-order valence-corrected chi connectivity index (χ3v) is 4.66. The van der Waals surface area contributed by atoms with Crippen LogP contribution in [0.25, 0.3) is 0 Å². The molecule has 0 atom stereocenters. The van der Waals surface area contributed by atoms with E-state index >= 15 is 0 Å². The first-order valence-electron chi connectivity index (χ1n) is 8.90. The fraction of sp³-hybridized carbons (Fsp3) is 0.941. The van der Waals surface area contributed by atoms with Crippen molar-refractivity contribution in [2.24, 2.45) is 10.9 Å². The van der Waals surface area contributed by atoms with E-state index in [4.69, 9.17) is 0 Å². The molecular formula is C17H35IN4. The van der Waals surface area contributed by atoms with Crippen molar-refractivity contribution in [1.29, 1.82) is 0 Å². The molecule has 1 saturated heterocycles. The molecule has 0 radical (unpaired) electrons. The van der Waals surface area contributed by atoms with Crippen LogP contribution in [0, 0.1) is 5.92 Å². The number of guanidine groups is 1. The summed E-state index contributed by atoms with van der Waals surface area (Å²) in [5, 5.41) is 7.06. The number of hydrogen-bond acceptors (Lipinski definition) is 2. The Morgan fingerprint density at radius 2 is 1.82 bits per heavy atom. The molecule has 1 aliphatic carbocycles. The number of halogens is 1. The molecule has 130 valence electrons. The fourth-order valence-electron chi connectivity index (χ4n) is 3.12. The number of aliphatic imine (C=N–C) groups is 1. The van der Waals surface area contributed by atoms with Gasteiger partial charge in [0.2, 0.25) is 0 Å². The van der Waals surface area contributed by atoms with Crippen LogP contribution in [0.1, 0.15) is 58.8 Å². The Balaban J connectivity index is 0.00000242. The lowest BCUT2D eigenvalue weighted by atomic mass is 10.1. The summed E-state index contributed by atoms with van der Waals surface area (Å²) in [6.45, 7) is 8.14. The third kappa shape index (κ3) is 7.49. The quantitative estimate of drug-likeness (QED) is 0.287. The number of unbranched alkanes of at least 4 members (excludes halogenated alkanes) is 1. The van der Waals surface area contributed by atoms with Crippen molar-refractivity contribution < 1.29 is 0 Å². The number of hydrogen-bond donors (Lipinski definition) is 2. The molecule has 0 bridgehead atoms. The zero-order valence-corrected chi connectivity index (χ0v) is 16.9. The van der Waals surface area contributed by atoms with Gasteiger partial charge in [0.05, 0.1) is 0 Å². The average Bonchev–Trinajstić information content (AvgIpc) is 3.30. The minimum absolute atomic E-state index is 0. The molecule has 1 heterocycles. The molecule has 2 N–H and O–H groups in total. The normalized spacial score (nSPS) is 20.8. The number of nitrogens with one attached hydrogen (secondary N) is 2. The van der Waals surface area contributed by atoms with Crippen LogP contribution in [0.2, 0.25) is 0 Å². The van der Waals surface area contributed by atoms with Crippen LogP contribution >= 0.6 is 24.0 Å². The lowest BCUT2D eigenvalue weighted by Gasteiger charge is -2.33. The van der Waals surface area contributed by atoms with Gasteiger partial charge in [-0.3, -0.25) is 4.99 Å². The van der Waals surface area contributed by atoms with E-state index in [0.29, 0.717) is 6.04 Å². The Labute approximate surface area is 153 Å². The molecular weight excluding hydrogens is 387 g/mol. The molecule has 5 heteroatoms. The number of nitrogens with zero attached hydrogens (tertiary/aromatic N) is 2. The highest BCUT2D eigenvalue weighted by Gasteiger charge is 2.31. The van der Waals surface area contributed by atoms with E-state index in [-0.39, 0.29) is 24.0 Å². The van der Waals surface area contributed by atoms with Crippen molar-refractivity contribution in [2.45, 2.75) is 70.9 Å². The summed E-state index contributed by atoms with van der Waals surface area (Å²) in [6, 6.07) is 1.52. The zero-order chi connectivity index (χ0) is 15.1. The van der Waals surface area contributed by atoms with Gasteiger partial charge in [-0.05, 0) is 38.0 Å². The molecule has 0 aromatic heterocycles. The largest absolute Gasteiger partial charge is 0.356 e. The van der Waals surface area contributed by atoms with Gasteiger partial charge in [0.1, 0.15) is 0 Å². The maximum atomic E-state index is 4.36. The van der Waals surface area contributed by atoms with E-state index in [1.807, 2.05) is 7.05 Å². The van der Waals surface area contributed by atoms with Crippen LogP contribution in [0.15, 0.2) is 4.99 Å². The minimum Gasteiger partial charge on any atom is -0.356 e. The van der Waals surface area contributed by atoms with E-state index in [9.17, 15) is 0 Å². The molecule has 0 amide bonds. The van der Waals surface area contributed by atoms with Gasteiger partial charge in [-0.2, -0.15) is 0 Å². The topological polar surface area (TPSA) is 39.7 Å². The number of likely N-dealkylation sites (tertiary alicyclic amines) is 1. The molecule has 0 aromatic carbocycles. The number of rotatable bonds is 7. The predicted molar refractivity (Wildman–Crippen MR) is 106 cm³/mol. The standard InChI is InChI=1S/C17H34N4.HI/c1-14(2)6-4-5-11-19-17(18-3)20-15-9-12-21(13-10-15)16-7-8-16;/h14-16H,4-13H2,1-3H3,(H2,18,19,20);1H. The monoisotopic (exact) mass is 422 g/mol. The van der Waals surface area contributed by atoms with E-state index in [2.05, 4.69) is 34.4 Å². The van der Waals surface area contributed by atoms with Crippen LogP contribution in [0.4, 0.5) is 0 Å². The van der Waals surface area contributed by atoms with E-state index in [1.165, 1.54) is 58.0 Å². The summed E-state index contributed by atoms with van der Waals surface area (Å²) in [7, 11) is 1.88. The minimum atomic E-state index is 0. The lowest BCUT2D eigenvalue weighted by molar-refractivity contribution is 0.197. The molecule has 0 aromatic rings. The van der Waals surface area contributed by atoms with Gasteiger partial charge >= 0.3 is 0 Å². The van der Waals surface area contributed by atoms with Crippen LogP contribution in [-0.4, -0.2) is 49.6 Å². The van der Waals surface area contributed by atoms with Crippen LogP contribution < -0.4 is 10.6 Å². The van der Waals surface area contributed by atoms with Gasteiger partial charge in [0.25, 0.3) is 0 Å².